The predicted molar refractivity (Wildman–Crippen MR) is 134 cm³/mol. The summed E-state index contributed by atoms with van der Waals surface area (Å²) >= 11 is 3.46. The van der Waals surface area contributed by atoms with Crippen LogP contribution in [0.4, 0.5) is 14.6 Å². The molecule has 1 saturated heterocycles. The van der Waals surface area contributed by atoms with Gasteiger partial charge >= 0.3 is 5.97 Å². The third-order valence-electron chi connectivity index (χ3n) is 6.41. The van der Waals surface area contributed by atoms with E-state index in [0.717, 1.165) is 60.0 Å². The second-order valence-electron chi connectivity index (χ2n) is 8.80. The standard InChI is InChI=1S/C26H26BrF2N3O3/c1-15-24(20-12-17(27)5-8-22(20)31-25(15)32-10-2-3-11-32)26(35)30-14-16(4-9-23(33)34)19-13-18(28)6-7-21(19)29/h5-8,12-13,16H,2-4,9-11,14H2,1H3,(H,30,35)(H,33,34)/t16-/m0/s1. The number of hydrogen-bond acceptors (Lipinski definition) is 4. The number of amides is 1. The molecule has 2 heterocycles. The van der Waals surface area contributed by atoms with Crippen LogP contribution in [0.15, 0.2) is 40.9 Å². The van der Waals surface area contributed by atoms with Gasteiger partial charge in [-0.15, -0.1) is 0 Å². The molecule has 0 aliphatic carbocycles. The van der Waals surface area contributed by atoms with Crippen LogP contribution in [0, 0.1) is 18.6 Å². The summed E-state index contributed by atoms with van der Waals surface area (Å²) in [5, 5.41) is 12.7. The van der Waals surface area contributed by atoms with E-state index in [1.165, 1.54) is 0 Å². The number of benzene rings is 2. The summed E-state index contributed by atoms with van der Waals surface area (Å²) < 4.78 is 29.1. The first kappa shape index (κ1) is 25.0. The fourth-order valence-electron chi connectivity index (χ4n) is 4.64. The number of halogens is 3. The van der Waals surface area contributed by atoms with Crippen molar-refractivity contribution in [1.29, 1.82) is 0 Å². The number of aromatic nitrogens is 1. The molecule has 0 bridgehead atoms. The molecule has 4 rings (SSSR count). The van der Waals surface area contributed by atoms with Gasteiger partial charge in [-0.1, -0.05) is 15.9 Å². The van der Waals surface area contributed by atoms with E-state index in [-0.39, 0.29) is 30.9 Å². The summed E-state index contributed by atoms with van der Waals surface area (Å²) in [6.45, 7) is 3.56. The number of nitrogens with one attached hydrogen (secondary N) is 1. The monoisotopic (exact) mass is 545 g/mol. The van der Waals surface area contributed by atoms with E-state index in [2.05, 4.69) is 26.1 Å². The van der Waals surface area contributed by atoms with E-state index in [1.807, 2.05) is 25.1 Å². The van der Waals surface area contributed by atoms with Gasteiger partial charge in [-0.3, -0.25) is 9.59 Å². The molecule has 35 heavy (non-hydrogen) atoms. The number of aliphatic carboxylic acids is 1. The van der Waals surface area contributed by atoms with E-state index >= 15 is 0 Å². The number of rotatable bonds is 8. The zero-order chi connectivity index (χ0) is 25.1. The number of anilines is 1. The molecule has 1 atom stereocenters. The zero-order valence-corrected chi connectivity index (χ0v) is 20.9. The van der Waals surface area contributed by atoms with Gasteiger partial charge in [0.2, 0.25) is 0 Å². The highest BCUT2D eigenvalue weighted by atomic mass is 79.9. The Morgan fingerprint density at radius 2 is 1.91 bits per heavy atom. The van der Waals surface area contributed by atoms with E-state index in [9.17, 15) is 18.4 Å². The molecule has 6 nitrogen and oxygen atoms in total. The van der Waals surface area contributed by atoms with Crippen molar-refractivity contribution >= 4 is 44.5 Å². The molecular formula is C26H26BrF2N3O3. The van der Waals surface area contributed by atoms with Gasteiger partial charge < -0.3 is 15.3 Å². The smallest absolute Gasteiger partial charge is 0.303 e. The van der Waals surface area contributed by atoms with Crippen LogP contribution in [0.2, 0.25) is 0 Å². The molecule has 1 fully saturated rings. The Bertz CT molecular complexity index is 1280. The molecule has 0 unspecified atom stereocenters. The topological polar surface area (TPSA) is 82.5 Å². The maximum absolute atomic E-state index is 14.5. The van der Waals surface area contributed by atoms with Gasteiger partial charge in [0.25, 0.3) is 5.91 Å². The molecule has 0 radical (unpaired) electrons. The van der Waals surface area contributed by atoms with Gasteiger partial charge in [-0.25, -0.2) is 13.8 Å². The van der Waals surface area contributed by atoms with Crippen molar-refractivity contribution in [3.63, 3.8) is 0 Å². The highest BCUT2D eigenvalue weighted by molar-refractivity contribution is 9.10. The molecule has 9 heteroatoms. The minimum Gasteiger partial charge on any atom is -0.481 e. The Hall–Kier alpha value is -3.07. The van der Waals surface area contributed by atoms with Gasteiger partial charge in [-0.2, -0.15) is 0 Å². The summed E-state index contributed by atoms with van der Waals surface area (Å²) in [5.74, 6) is -2.62. The van der Waals surface area contributed by atoms with Gasteiger partial charge in [0.1, 0.15) is 17.5 Å². The molecule has 1 aromatic heterocycles. The minimum atomic E-state index is -1.05. The van der Waals surface area contributed by atoms with E-state index < -0.39 is 23.5 Å². The second kappa shape index (κ2) is 10.7. The Morgan fingerprint density at radius 3 is 2.63 bits per heavy atom. The van der Waals surface area contributed by atoms with E-state index in [1.54, 1.807) is 0 Å². The minimum absolute atomic E-state index is 0.0389. The lowest BCUT2D eigenvalue weighted by atomic mass is 9.93. The van der Waals surface area contributed by atoms with Crippen LogP contribution in [0.1, 0.15) is 53.1 Å². The van der Waals surface area contributed by atoms with Crippen LogP contribution in [0.3, 0.4) is 0 Å². The zero-order valence-electron chi connectivity index (χ0n) is 19.3. The first-order chi connectivity index (χ1) is 16.7. The molecule has 1 amide bonds. The average molecular weight is 546 g/mol. The fourth-order valence-corrected chi connectivity index (χ4v) is 5.01. The fraction of sp³-hybridized carbons (Fsp3) is 0.346. The molecule has 2 N–H and O–H groups in total. The molecule has 0 saturated carbocycles. The Kier molecular flexibility index (Phi) is 7.64. The molecule has 184 valence electrons. The SMILES string of the molecule is Cc1c(N2CCCC2)nc2ccc(Br)cc2c1C(=O)NC[C@H](CCC(=O)O)c1cc(F)ccc1F. The van der Waals surface area contributed by atoms with Crippen LogP contribution < -0.4 is 10.2 Å². The summed E-state index contributed by atoms with van der Waals surface area (Å²) in [6, 6.07) is 8.65. The summed E-state index contributed by atoms with van der Waals surface area (Å²) in [5.41, 5.74) is 1.94. The van der Waals surface area contributed by atoms with Crippen molar-refractivity contribution in [2.75, 3.05) is 24.5 Å². The van der Waals surface area contributed by atoms with Crippen molar-refractivity contribution in [3.8, 4) is 0 Å². The molecule has 0 spiro atoms. The lowest BCUT2D eigenvalue weighted by Gasteiger charge is -2.23. The van der Waals surface area contributed by atoms with E-state index in [4.69, 9.17) is 10.1 Å². The number of nitrogens with zero attached hydrogens (tertiary/aromatic N) is 2. The average Bonchev–Trinajstić information content (AvgIpc) is 3.35. The number of carboxylic acids is 1. The Balaban J connectivity index is 1.68. The summed E-state index contributed by atoms with van der Waals surface area (Å²) in [7, 11) is 0. The maximum atomic E-state index is 14.5. The van der Waals surface area contributed by atoms with Crippen LogP contribution in [0.25, 0.3) is 10.9 Å². The summed E-state index contributed by atoms with van der Waals surface area (Å²) in [4.78, 5) is 31.7. The molecular weight excluding hydrogens is 520 g/mol. The molecule has 3 aromatic rings. The van der Waals surface area contributed by atoms with Gasteiger partial charge in [-0.05, 0) is 68.1 Å². The van der Waals surface area contributed by atoms with E-state index in [0.29, 0.717) is 16.5 Å². The lowest BCUT2D eigenvalue weighted by Crippen LogP contribution is -2.31. The number of carbonyl (C=O) groups is 2. The number of hydrogen-bond donors (Lipinski definition) is 2. The number of pyridine rings is 1. The van der Waals surface area contributed by atoms with Crippen LogP contribution in [-0.2, 0) is 4.79 Å². The molecule has 1 aliphatic heterocycles. The maximum Gasteiger partial charge on any atom is 0.303 e. The third-order valence-corrected chi connectivity index (χ3v) is 6.90. The number of fused-ring (bicyclic) bond motifs is 1. The van der Waals surface area contributed by atoms with Crippen LogP contribution in [0.5, 0.6) is 0 Å². The highest BCUT2D eigenvalue weighted by Gasteiger charge is 2.25. The van der Waals surface area contributed by atoms with Crippen molar-refractivity contribution in [2.24, 2.45) is 0 Å². The van der Waals surface area contributed by atoms with Gasteiger partial charge in [0.05, 0.1) is 11.1 Å². The summed E-state index contributed by atoms with van der Waals surface area (Å²) in [6.07, 6.45) is 1.94. The highest BCUT2D eigenvalue weighted by Crippen LogP contribution is 2.32. The number of carbonyl (C=O) groups excluding carboxylic acids is 1. The van der Waals surface area contributed by atoms with Gasteiger partial charge in [0, 0.05) is 47.4 Å². The predicted octanol–water partition coefficient (Wildman–Crippen LogP) is 5.56. The quantitative estimate of drug-likeness (QED) is 0.387. The lowest BCUT2D eigenvalue weighted by molar-refractivity contribution is -0.137. The number of carboxylic acid groups (broad SMARTS) is 1. The Labute approximate surface area is 210 Å². The first-order valence-corrected chi connectivity index (χ1v) is 12.3. The van der Waals surface area contributed by atoms with Crippen molar-refractivity contribution in [3.05, 3.63) is 69.2 Å². The Morgan fingerprint density at radius 1 is 1.17 bits per heavy atom. The van der Waals surface area contributed by atoms with Crippen molar-refractivity contribution < 1.29 is 23.5 Å². The van der Waals surface area contributed by atoms with Crippen LogP contribution >= 0.6 is 15.9 Å². The van der Waals surface area contributed by atoms with Crippen molar-refractivity contribution in [1.82, 2.24) is 10.3 Å². The third kappa shape index (κ3) is 5.61. The molecule has 1 aliphatic rings. The van der Waals surface area contributed by atoms with Crippen molar-refractivity contribution in [2.45, 2.75) is 38.5 Å². The van der Waals surface area contributed by atoms with Gasteiger partial charge in [0.15, 0.2) is 0 Å². The first-order valence-electron chi connectivity index (χ1n) is 11.5. The second-order valence-corrected chi connectivity index (χ2v) is 9.71. The van der Waals surface area contributed by atoms with Crippen LogP contribution in [-0.4, -0.2) is 41.6 Å². The largest absolute Gasteiger partial charge is 0.481 e. The molecule has 2 aromatic carbocycles. The normalized spacial score (nSPS) is 14.3.